The van der Waals surface area contributed by atoms with Gasteiger partial charge in [-0.1, -0.05) is 0 Å². The van der Waals surface area contributed by atoms with Gasteiger partial charge in [-0.05, 0) is 6.92 Å². The van der Waals surface area contributed by atoms with Gasteiger partial charge in [0, 0.05) is 0 Å². The summed E-state index contributed by atoms with van der Waals surface area (Å²) in [5.74, 6) is -0.868. The molecule has 0 aromatic heterocycles. The van der Waals surface area contributed by atoms with Gasteiger partial charge in [-0.25, -0.2) is 0 Å². The number of rotatable bonds is 1. The van der Waals surface area contributed by atoms with E-state index in [0.717, 1.165) is 0 Å². The van der Waals surface area contributed by atoms with Crippen molar-refractivity contribution in [2.75, 3.05) is 20.0 Å². The molecule has 0 aromatic carbocycles. The van der Waals surface area contributed by atoms with E-state index in [4.69, 9.17) is 14.6 Å². The van der Waals surface area contributed by atoms with Crippen molar-refractivity contribution in [2.45, 2.75) is 6.92 Å². The van der Waals surface area contributed by atoms with E-state index < -0.39 is 11.4 Å². The van der Waals surface area contributed by atoms with E-state index in [2.05, 4.69) is 0 Å². The number of carbonyl (C=O) groups is 1. The lowest BCUT2D eigenvalue weighted by molar-refractivity contribution is -0.186. The molecule has 1 rings (SSSR count). The first-order valence-electron chi connectivity index (χ1n) is 3.04. The number of carboxylic acids is 1. The Morgan fingerprint density at radius 2 is 2.00 bits per heavy atom. The highest BCUT2D eigenvalue weighted by atomic mass is 16.7. The number of ether oxygens (including phenoxy) is 2. The summed E-state index contributed by atoms with van der Waals surface area (Å²) in [6.07, 6.45) is 0. The lowest BCUT2D eigenvalue weighted by atomic mass is 9.93. The van der Waals surface area contributed by atoms with Crippen molar-refractivity contribution in [1.29, 1.82) is 0 Å². The van der Waals surface area contributed by atoms with E-state index in [1.54, 1.807) is 6.92 Å². The highest BCUT2D eigenvalue weighted by molar-refractivity contribution is 5.74. The molecule has 1 N–H and O–H groups in total. The van der Waals surface area contributed by atoms with Crippen LogP contribution in [0.2, 0.25) is 0 Å². The lowest BCUT2D eigenvalue weighted by Gasteiger charge is -2.28. The third-order valence-electron chi connectivity index (χ3n) is 1.52. The molecule has 0 aliphatic carbocycles. The fourth-order valence-corrected chi connectivity index (χ4v) is 0.758. The van der Waals surface area contributed by atoms with Gasteiger partial charge < -0.3 is 14.6 Å². The number of hydrogen-bond acceptors (Lipinski definition) is 3. The van der Waals surface area contributed by atoms with E-state index >= 15 is 0 Å². The Hall–Kier alpha value is -0.610. The maximum Gasteiger partial charge on any atom is 0.314 e. The molecule has 0 bridgehead atoms. The molecule has 0 spiro atoms. The molecule has 1 aliphatic heterocycles. The van der Waals surface area contributed by atoms with Gasteiger partial charge >= 0.3 is 5.97 Å². The van der Waals surface area contributed by atoms with Crippen LogP contribution in [0.15, 0.2) is 0 Å². The summed E-state index contributed by atoms with van der Waals surface area (Å²) in [5, 5.41) is 8.64. The SMILES string of the molecule is CC1(C(=O)O)COCOC1. The van der Waals surface area contributed by atoms with Crippen molar-refractivity contribution in [3.8, 4) is 0 Å². The van der Waals surface area contributed by atoms with E-state index in [1.165, 1.54) is 0 Å². The largest absolute Gasteiger partial charge is 0.481 e. The molecule has 1 saturated heterocycles. The molecule has 0 unspecified atom stereocenters. The van der Waals surface area contributed by atoms with Crippen LogP contribution in [0.4, 0.5) is 0 Å². The fourth-order valence-electron chi connectivity index (χ4n) is 0.758. The minimum absolute atomic E-state index is 0.211. The van der Waals surface area contributed by atoms with Gasteiger partial charge in [0.05, 0.1) is 13.2 Å². The van der Waals surface area contributed by atoms with Gasteiger partial charge in [-0.3, -0.25) is 4.79 Å². The lowest BCUT2D eigenvalue weighted by Crippen LogP contribution is -2.41. The Kier molecular flexibility index (Phi) is 1.92. The van der Waals surface area contributed by atoms with Gasteiger partial charge in [0.25, 0.3) is 0 Å². The molecule has 0 amide bonds. The molecule has 0 radical (unpaired) electrons. The van der Waals surface area contributed by atoms with Crippen molar-refractivity contribution < 1.29 is 19.4 Å². The van der Waals surface area contributed by atoms with Gasteiger partial charge in [0.1, 0.15) is 12.2 Å². The minimum Gasteiger partial charge on any atom is -0.481 e. The summed E-state index contributed by atoms with van der Waals surface area (Å²) in [6, 6.07) is 0. The van der Waals surface area contributed by atoms with Crippen LogP contribution >= 0.6 is 0 Å². The van der Waals surface area contributed by atoms with Gasteiger partial charge in [-0.2, -0.15) is 0 Å². The molecule has 4 heteroatoms. The van der Waals surface area contributed by atoms with Crippen molar-refractivity contribution in [2.24, 2.45) is 5.41 Å². The van der Waals surface area contributed by atoms with Crippen LogP contribution < -0.4 is 0 Å². The Bertz CT molecular complexity index is 137. The van der Waals surface area contributed by atoms with Crippen LogP contribution in [0.25, 0.3) is 0 Å². The molecule has 0 aromatic rings. The molecular formula is C6H10O4. The smallest absolute Gasteiger partial charge is 0.314 e. The molecule has 1 aliphatic rings. The molecule has 1 heterocycles. The van der Waals surface area contributed by atoms with Gasteiger partial charge in [0.15, 0.2) is 0 Å². The third kappa shape index (κ3) is 1.27. The van der Waals surface area contributed by atoms with E-state index in [9.17, 15) is 4.79 Å². The number of carboxylic acid groups (broad SMARTS) is 1. The first-order valence-corrected chi connectivity index (χ1v) is 3.04. The standard InChI is InChI=1S/C6H10O4/c1-6(5(7)8)2-9-4-10-3-6/h2-4H2,1H3,(H,7,8). The van der Waals surface area contributed by atoms with Gasteiger partial charge in [-0.15, -0.1) is 0 Å². The second-order valence-electron chi connectivity index (χ2n) is 2.68. The second-order valence-corrected chi connectivity index (χ2v) is 2.68. The zero-order valence-corrected chi connectivity index (χ0v) is 5.79. The average molecular weight is 146 g/mol. The summed E-state index contributed by atoms with van der Waals surface area (Å²) in [6.45, 7) is 2.29. The van der Waals surface area contributed by atoms with Crippen molar-refractivity contribution in [3.05, 3.63) is 0 Å². The topological polar surface area (TPSA) is 55.8 Å². The number of aliphatic carboxylic acids is 1. The van der Waals surface area contributed by atoms with Gasteiger partial charge in [0.2, 0.25) is 0 Å². The maximum atomic E-state index is 10.5. The monoisotopic (exact) mass is 146 g/mol. The predicted molar refractivity (Wildman–Crippen MR) is 32.5 cm³/mol. The molecule has 4 nitrogen and oxygen atoms in total. The molecule has 0 saturated carbocycles. The molecule has 10 heavy (non-hydrogen) atoms. The summed E-state index contributed by atoms with van der Waals surface area (Å²) >= 11 is 0. The summed E-state index contributed by atoms with van der Waals surface area (Å²) in [7, 11) is 0. The predicted octanol–water partition coefficient (Wildman–Crippen LogP) is 0.0816. The Morgan fingerprint density at radius 1 is 1.50 bits per heavy atom. The molecular weight excluding hydrogens is 136 g/mol. The highest BCUT2D eigenvalue weighted by Crippen LogP contribution is 2.20. The Balaban J connectivity index is 2.56. The van der Waals surface area contributed by atoms with Crippen LogP contribution in [0.1, 0.15) is 6.92 Å². The summed E-state index contributed by atoms with van der Waals surface area (Å²) in [5.41, 5.74) is -0.849. The van der Waals surface area contributed by atoms with Crippen molar-refractivity contribution >= 4 is 5.97 Å². The van der Waals surface area contributed by atoms with E-state index in [1.807, 2.05) is 0 Å². The summed E-state index contributed by atoms with van der Waals surface area (Å²) < 4.78 is 9.69. The normalized spacial score (nSPS) is 24.1. The zero-order chi connectivity index (χ0) is 7.61. The number of hydrogen-bond donors (Lipinski definition) is 1. The Labute approximate surface area is 58.7 Å². The van der Waals surface area contributed by atoms with E-state index in [0.29, 0.717) is 0 Å². The van der Waals surface area contributed by atoms with E-state index in [-0.39, 0.29) is 20.0 Å². The first-order chi connectivity index (χ1) is 4.65. The molecule has 1 fully saturated rings. The van der Waals surface area contributed by atoms with Crippen LogP contribution in [0.5, 0.6) is 0 Å². The maximum absolute atomic E-state index is 10.5. The van der Waals surface area contributed by atoms with Crippen LogP contribution in [0, 0.1) is 5.41 Å². The third-order valence-corrected chi connectivity index (χ3v) is 1.52. The van der Waals surface area contributed by atoms with Crippen molar-refractivity contribution in [1.82, 2.24) is 0 Å². The first kappa shape index (κ1) is 7.50. The second kappa shape index (κ2) is 2.56. The molecule has 0 atom stereocenters. The fraction of sp³-hybridized carbons (Fsp3) is 0.833. The van der Waals surface area contributed by atoms with Crippen LogP contribution in [0.3, 0.4) is 0 Å². The molecule has 58 valence electrons. The average Bonchev–Trinajstić information content (AvgIpc) is 1.89. The quantitative estimate of drug-likeness (QED) is 0.569. The summed E-state index contributed by atoms with van der Waals surface area (Å²) in [4.78, 5) is 10.5. The van der Waals surface area contributed by atoms with Crippen molar-refractivity contribution in [3.63, 3.8) is 0 Å². The highest BCUT2D eigenvalue weighted by Gasteiger charge is 2.36. The minimum atomic E-state index is -0.868. The zero-order valence-electron chi connectivity index (χ0n) is 5.79. The Morgan fingerprint density at radius 3 is 2.30 bits per heavy atom. The van der Waals surface area contributed by atoms with Crippen LogP contribution in [-0.2, 0) is 14.3 Å². The van der Waals surface area contributed by atoms with Crippen LogP contribution in [-0.4, -0.2) is 31.1 Å².